The summed E-state index contributed by atoms with van der Waals surface area (Å²) in [4.78, 5) is 15.3. The predicted octanol–water partition coefficient (Wildman–Crippen LogP) is 10.1. The van der Waals surface area contributed by atoms with Crippen molar-refractivity contribution in [3.63, 3.8) is 0 Å². The topological polar surface area (TPSA) is 38.7 Å². The zero-order valence-electron chi connectivity index (χ0n) is 22.6. The molecule has 0 saturated heterocycles. The monoisotopic (exact) mass is 533 g/mol. The molecule has 0 unspecified atom stereocenters. The maximum atomic E-state index is 5.28. The van der Waals surface area contributed by atoms with E-state index in [2.05, 4.69) is 133 Å². The zero-order valence-corrected chi connectivity index (χ0v) is 22.6. The molecule has 3 aromatic heterocycles. The predicted molar refractivity (Wildman–Crippen MR) is 176 cm³/mol. The van der Waals surface area contributed by atoms with Gasteiger partial charge in [0.1, 0.15) is 0 Å². The molecule has 3 heterocycles. The Morgan fingerprint density at radius 2 is 0.952 bits per heavy atom. The summed E-state index contributed by atoms with van der Waals surface area (Å²) in [7, 11) is 0. The van der Waals surface area contributed by atoms with Crippen LogP contribution >= 0.6 is 0 Å². The minimum absolute atomic E-state index is 0.911. The largest absolute Gasteiger partial charge is 0.248 e. The molecule has 42 heavy (non-hydrogen) atoms. The normalized spacial score (nSPS) is 11.8. The summed E-state index contributed by atoms with van der Waals surface area (Å²) in [5.74, 6) is 0. The van der Waals surface area contributed by atoms with E-state index in [1.165, 1.54) is 21.5 Å². The first-order valence-electron chi connectivity index (χ1n) is 14.2. The summed E-state index contributed by atoms with van der Waals surface area (Å²) in [6, 6.07) is 49.1. The molecule has 9 rings (SSSR count). The van der Waals surface area contributed by atoms with Gasteiger partial charge < -0.3 is 0 Å². The first kappa shape index (κ1) is 23.1. The lowest BCUT2D eigenvalue weighted by molar-refractivity contribution is 1.37. The van der Waals surface area contributed by atoms with Gasteiger partial charge in [0.05, 0.1) is 33.5 Å². The van der Waals surface area contributed by atoms with Crippen LogP contribution in [0.3, 0.4) is 0 Å². The van der Waals surface area contributed by atoms with Crippen LogP contribution in [0.5, 0.6) is 0 Å². The van der Waals surface area contributed by atoms with Gasteiger partial charge in [0.15, 0.2) is 0 Å². The van der Waals surface area contributed by atoms with Gasteiger partial charge in [0.2, 0.25) is 0 Å². The lowest BCUT2D eigenvalue weighted by Crippen LogP contribution is -1.92. The van der Waals surface area contributed by atoms with E-state index in [-0.39, 0.29) is 0 Å². The molecule has 0 spiro atoms. The van der Waals surface area contributed by atoms with Crippen molar-refractivity contribution in [2.75, 3.05) is 0 Å². The highest BCUT2D eigenvalue weighted by Crippen LogP contribution is 2.36. The van der Waals surface area contributed by atoms with Crippen molar-refractivity contribution >= 4 is 65.2 Å². The molecule has 0 amide bonds. The molecular formula is C39H23N3. The molecule has 0 fully saturated rings. The summed E-state index contributed by atoms with van der Waals surface area (Å²) in [5.41, 5.74) is 7.89. The highest BCUT2D eigenvalue weighted by molar-refractivity contribution is 6.14. The fraction of sp³-hybridized carbons (Fsp3) is 0. The molecule has 3 nitrogen and oxygen atoms in total. The second kappa shape index (κ2) is 8.92. The van der Waals surface area contributed by atoms with Crippen LogP contribution in [0.25, 0.3) is 87.7 Å². The number of hydrogen-bond acceptors (Lipinski definition) is 3. The number of hydrogen-bond donors (Lipinski definition) is 0. The standard InChI is InChI=1S/C39H23N3/c1-3-9-30-26(7-1)23-33(32-11-5-4-10-31(30)32)37-20-16-25-14-13-24-15-18-35(41-38(24)39(25)42-37)28-17-19-36-29(22-28)21-27-8-2-6-12-34(27)40-36/h1-23H. The molecule has 0 saturated carbocycles. The fourth-order valence-corrected chi connectivity index (χ4v) is 6.28. The Bertz CT molecular complexity index is 2530. The van der Waals surface area contributed by atoms with Crippen molar-refractivity contribution < 1.29 is 0 Å². The maximum Gasteiger partial charge on any atom is 0.0972 e. The van der Waals surface area contributed by atoms with Crippen LogP contribution in [0.2, 0.25) is 0 Å². The van der Waals surface area contributed by atoms with Crippen LogP contribution in [0.1, 0.15) is 0 Å². The van der Waals surface area contributed by atoms with Gasteiger partial charge in [-0.05, 0) is 64.0 Å². The number of aromatic nitrogens is 3. The van der Waals surface area contributed by atoms with E-state index < -0.39 is 0 Å². The summed E-state index contributed by atoms with van der Waals surface area (Å²) in [6.07, 6.45) is 0. The average molecular weight is 534 g/mol. The third-order valence-corrected chi connectivity index (χ3v) is 8.38. The second-order valence-corrected chi connectivity index (χ2v) is 10.9. The van der Waals surface area contributed by atoms with Gasteiger partial charge in [0, 0.05) is 32.7 Å². The first-order chi connectivity index (χ1) is 20.8. The van der Waals surface area contributed by atoms with Crippen molar-refractivity contribution in [1.29, 1.82) is 0 Å². The summed E-state index contributed by atoms with van der Waals surface area (Å²) < 4.78 is 0. The SMILES string of the molecule is c1ccc2nc3ccc(-c4ccc5ccc6ccc(-c7cc8ccccc8c8ccccc78)nc6c5n4)cc3cc2c1. The van der Waals surface area contributed by atoms with Crippen molar-refractivity contribution in [1.82, 2.24) is 15.0 Å². The number of rotatable bonds is 2. The minimum Gasteiger partial charge on any atom is -0.248 e. The quantitative estimate of drug-likeness (QED) is 0.164. The number of para-hydroxylation sites is 1. The van der Waals surface area contributed by atoms with Crippen LogP contribution in [0.4, 0.5) is 0 Å². The van der Waals surface area contributed by atoms with Crippen LogP contribution in [0.15, 0.2) is 140 Å². The van der Waals surface area contributed by atoms with Gasteiger partial charge in [-0.3, -0.25) is 0 Å². The van der Waals surface area contributed by atoms with Crippen molar-refractivity contribution in [3.05, 3.63) is 140 Å². The smallest absolute Gasteiger partial charge is 0.0972 e. The van der Waals surface area contributed by atoms with Gasteiger partial charge >= 0.3 is 0 Å². The van der Waals surface area contributed by atoms with Gasteiger partial charge in [-0.25, -0.2) is 15.0 Å². The van der Waals surface area contributed by atoms with Crippen LogP contribution in [0, 0.1) is 0 Å². The molecule has 0 N–H and O–H groups in total. The molecule has 0 aliphatic carbocycles. The molecule has 0 aliphatic heterocycles. The van der Waals surface area contributed by atoms with E-state index in [9.17, 15) is 0 Å². The van der Waals surface area contributed by atoms with Crippen molar-refractivity contribution in [2.24, 2.45) is 0 Å². The molecule has 9 aromatic rings. The number of nitrogens with zero attached hydrogens (tertiary/aromatic N) is 3. The molecule has 0 bridgehead atoms. The van der Waals surface area contributed by atoms with E-state index in [1.807, 2.05) is 6.07 Å². The fourth-order valence-electron chi connectivity index (χ4n) is 6.28. The third kappa shape index (κ3) is 3.57. The lowest BCUT2D eigenvalue weighted by atomic mass is 9.95. The van der Waals surface area contributed by atoms with Gasteiger partial charge in [-0.15, -0.1) is 0 Å². The Morgan fingerprint density at radius 1 is 0.333 bits per heavy atom. The third-order valence-electron chi connectivity index (χ3n) is 8.38. The van der Waals surface area contributed by atoms with Gasteiger partial charge in [-0.2, -0.15) is 0 Å². The molecule has 6 aromatic carbocycles. The van der Waals surface area contributed by atoms with Crippen LogP contribution in [-0.4, -0.2) is 15.0 Å². The molecule has 0 aliphatic rings. The lowest BCUT2D eigenvalue weighted by Gasteiger charge is -2.12. The zero-order chi connectivity index (χ0) is 27.6. The second-order valence-electron chi connectivity index (χ2n) is 10.9. The van der Waals surface area contributed by atoms with E-state index in [1.54, 1.807) is 0 Å². The molecule has 0 radical (unpaired) electrons. The maximum absolute atomic E-state index is 5.28. The van der Waals surface area contributed by atoms with Gasteiger partial charge in [-0.1, -0.05) is 97.1 Å². The van der Waals surface area contributed by atoms with Crippen molar-refractivity contribution in [3.8, 4) is 22.5 Å². The molecule has 0 atom stereocenters. The summed E-state index contributed by atoms with van der Waals surface area (Å²) in [5, 5.41) is 9.31. The van der Waals surface area contributed by atoms with Crippen LogP contribution < -0.4 is 0 Å². The number of benzene rings is 6. The Kier molecular flexibility index (Phi) is 4.90. The van der Waals surface area contributed by atoms with E-state index >= 15 is 0 Å². The molecular weight excluding hydrogens is 510 g/mol. The number of pyridine rings is 3. The van der Waals surface area contributed by atoms with E-state index in [0.29, 0.717) is 0 Å². The van der Waals surface area contributed by atoms with Crippen molar-refractivity contribution in [2.45, 2.75) is 0 Å². The summed E-state index contributed by atoms with van der Waals surface area (Å²) in [6.45, 7) is 0. The Hall–Kier alpha value is -5.67. The highest BCUT2D eigenvalue weighted by Gasteiger charge is 2.13. The van der Waals surface area contributed by atoms with E-state index in [0.717, 1.165) is 66.1 Å². The van der Waals surface area contributed by atoms with Gasteiger partial charge in [0.25, 0.3) is 0 Å². The first-order valence-corrected chi connectivity index (χ1v) is 14.2. The number of fused-ring (bicyclic) bond motifs is 8. The highest BCUT2D eigenvalue weighted by atomic mass is 14.8. The molecule has 3 heteroatoms. The van der Waals surface area contributed by atoms with Crippen LogP contribution in [-0.2, 0) is 0 Å². The Morgan fingerprint density at radius 3 is 1.79 bits per heavy atom. The average Bonchev–Trinajstić information content (AvgIpc) is 3.06. The van der Waals surface area contributed by atoms with E-state index in [4.69, 9.17) is 15.0 Å². The Labute approximate surface area is 241 Å². The molecule has 194 valence electrons. The minimum atomic E-state index is 0.911. The summed E-state index contributed by atoms with van der Waals surface area (Å²) >= 11 is 0. The Balaban J connectivity index is 1.24.